The first-order chi connectivity index (χ1) is 8.69. The summed E-state index contributed by atoms with van der Waals surface area (Å²) in [5.41, 5.74) is 0.105. The molecule has 0 amide bonds. The Balaban J connectivity index is 2.17. The smallest absolute Gasteiger partial charge is 0.337 e. The SMILES string of the molecule is CSc1ccc(Oc2cncc(C(=O)O)c2)cc1. The molecular formula is C13H11NO3S. The van der Waals surface area contributed by atoms with Gasteiger partial charge in [0.05, 0.1) is 11.8 Å². The van der Waals surface area contributed by atoms with Crippen molar-refractivity contribution in [1.29, 1.82) is 0 Å². The highest BCUT2D eigenvalue weighted by molar-refractivity contribution is 7.98. The van der Waals surface area contributed by atoms with Gasteiger partial charge in [-0.25, -0.2) is 4.79 Å². The highest BCUT2D eigenvalue weighted by Crippen LogP contribution is 2.24. The van der Waals surface area contributed by atoms with E-state index < -0.39 is 5.97 Å². The molecule has 92 valence electrons. The average molecular weight is 261 g/mol. The fourth-order valence-corrected chi connectivity index (χ4v) is 1.78. The zero-order valence-electron chi connectivity index (χ0n) is 9.66. The molecule has 0 aliphatic carbocycles. The molecule has 0 fully saturated rings. The van der Waals surface area contributed by atoms with Gasteiger partial charge in [-0.2, -0.15) is 0 Å². The third-order valence-electron chi connectivity index (χ3n) is 2.26. The average Bonchev–Trinajstić information content (AvgIpc) is 2.40. The number of aromatic carboxylic acids is 1. The van der Waals surface area contributed by atoms with Crippen molar-refractivity contribution in [1.82, 2.24) is 4.98 Å². The summed E-state index contributed by atoms with van der Waals surface area (Å²) >= 11 is 1.64. The second-order valence-electron chi connectivity index (χ2n) is 3.49. The molecule has 1 N–H and O–H groups in total. The van der Waals surface area contributed by atoms with Crippen LogP contribution in [0.15, 0.2) is 47.6 Å². The van der Waals surface area contributed by atoms with Crippen molar-refractivity contribution in [2.75, 3.05) is 6.26 Å². The molecule has 2 rings (SSSR count). The Hall–Kier alpha value is -2.01. The Morgan fingerprint density at radius 2 is 1.94 bits per heavy atom. The van der Waals surface area contributed by atoms with Crippen molar-refractivity contribution >= 4 is 17.7 Å². The van der Waals surface area contributed by atoms with Crippen LogP contribution in [0.1, 0.15) is 10.4 Å². The van der Waals surface area contributed by atoms with Crippen LogP contribution in [0.25, 0.3) is 0 Å². The first-order valence-corrected chi connectivity index (χ1v) is 6.42. The van der Waals surface area contributed by atoms with E-state index in [1.807, 2.05) is 30.5 Å². The molecule has 0 atom stereocenters. The zero-order valence-corrected chi connectivity index (χ0v) is 10.5. The highest BCUT2D eigenvalue weighted by atomic mass is 32.2. The second kappa shape index (κ2) is 5.55. The maximum Gasteiger partial charge on any atom is 0.337 e. The first kappa shape index (κ1) is 12.4. The Kier molecular flexibility index (Phi) is 3.84. The molecule has 5 heteroatoms. The molecule has 1 heterocycles. The molecule has 0 bridgehead atoms. The fraction of sp³-hybridized carbons (Fsp3) is 0.0769. The Morgan fingerprint density at radius 1 is 1.22 bits per heavy atom. The summed E-state index contributed by atoms with van der Waals surface area (Å²) in [7, 11) is 0. The number of carboxylic acids is 1. The third kappa shape index (κ3) is 3.01. The van der Waals surface area contributed by atoms with E-state index in [-0.39, 0.29) is 5.56 Å². The van der Waals surface area contributed by atoms with E-state index in [0.717, 1.165) is 4.90 Å². The van der Waals surface area contributed by atoms with E-state index in [1.165, 1.54) is 18.5 Å². The van der Waals surface area contributed by atoms with Crippen LogP contribution in [0.2, 0.25) is 0 Å². The van der Waals surface area contributed by atoms with Crippen LogP contribution in [0, 0.1) is 0 Å². The molecule has 0 saturated carbocycles. The summed E-state index contributed by atoms with van der Waals surface area (Å²) in [4.78, 5) is 15.8. The summed E-state index contributed by atoms with van der Waals surface area (Å²) in [6.07, 6.45) is 4.76. The lowest BCUT2D eigenvalue weighted by atomic mass is 10.3. The van der Waals surface area contributed by atoms with Crippen LogP contribution in [-0.4, -0.2) is 22.3 Å². The summed E-state index contributed by atoms with van der Waals surface area (Å²) in [6, 6.07) is 8.99. The minimum Gasteiger partial charge on any atom is -0.478 e. The van der Waals surface area contributed by atoms with Gasteiger partial charge >= 0.3 is 5.97 Å². The number of aromatic nitrogens is 1. The monoisotopic (exact) mass is 261 g/mol. The van der Waals surface area contributed by atoms with Crippen LogP contribution in [0.5, 0.6) is 11.5 Å². The van der Waals surface area contributed by atoms with Crippen LogP contribution in [0.3, 0.4) is 0 Å². The molecule has 1 aromatic heterocycles. The van der Waals surface area contributed by atoms with Gasteiger partial charge in [-0.05, 0) is 36.6 Å². The van der Waals surface area contributed by atoms with Gasteiger partial charge in [-0.1, -0.05) is 0 Å². The largest absolute Gasteiger partial charge is 0.478 e. The Labute approximate surface area is 109 Å². The predicted molar refractivity (Wildman–Crippen MR) is 69.5 cm³/mol. The van der Waals surface area contributed by atoms with E-state index >= 15 is 0 Å². The molecular weight excluding hydrogens is 250 g/mol. The van der Waals surface area contributed by atoms with E-state index in [2.05, 4.69) is 4.98 Å². The van der Waals surface area contributed by atoms with Crippen molar-refractivity contribution in [3.05, 3.63) is 48.3 Å². The molecule has 18 heavy (non-hydrogen) atoms. The Bertz CT molecular complexity index is 554. The van der Waals surface area contributed by atoms with Crippen molar-refractivity contribution < 1.29 is 14.6 Å². The number of carboxylic acid groups (broad SMARTS) is 1. The van der Waals surface area contributed by atoms with Crippen molar-refractivity contribution in [3.63, 3.8) is 0 Å². The van der Waals surface area contributed by atoms with E-state index in [0.29, 0.717) is 11.5 Å². The number of nitrogens with zero attached hydrogens (tertiary/aromatic N) is 1. The minimum absolute atomic E-state index is 0.105. The van der Waals surface area contributed by atoms with E-state index in [4.69, 9.17) is 9.84 Å². The molecule has 0 spiro atoms. The quantitative estimate of drug-likeness (QED) is 0.856. The maximum absolute atomic E-state index is 10.8. The molecule has 0 unspecified atom stereocenters. The molecule has 0 radical (unpaired) electrons. The normalized spacial score (nSPS) is 10.1. The molecule has 0 aliphatic heterocycles. The van der Waals surface area contributed by atoms with Crippen LogP contribution < -0.4 is 4.74 Å². The second-order valence-corrected chi connectivity index (χ2v) is 4.37. The minimum atomic E-state index is -1.02. The lowest BCUT2D eigenvalue weighted by Gasteiger charge is -2.06. The summed E-state index contributed by atoms with van der Waals surface area (Å²) < 4.78 is 5.53. The van der Waals surface area contributed by atoms with Gasteiger partial charge in [-0.15, -0.1) is 11.8 Å². The van der Waals surface area contributed by atoms with Crippen LogP contribution in [-0.2, 0) is 0 Å². The molecule has 1 aromatic carbocycles. The number of benzene rings is 1. The molecule has 2 aromatic rings. The topological polar surface area (TPSA) is 59.4 Å². The van der Waals surface area contributed by atoms with Gasteiger partial charge in [0.25, 0.3) is 0 Å². The number of hydrogen-bond donors (Lipinski definition) is 1. The van der Waals surface area contributed by atoms with Gasteiger partial charge < -0.3 is 9.84 Å². The van der Waals surface area contributed by atoms with E-state index in [9.17, 15) is 4.79 Å². The van der Waals surface area contributed by atoms with Crippen molar-refractivity contribution in [2.24, 2.45) is 0 Å². The number of thioether (sulfide) groups is 1. The number of pyridine rings is 1. The summed E-state index contributed by atoms with van der Waals surface area (Å²) in [5, 5.41) is 8.85. The first-order valence-electron chi connectivity index (χ1n) is 5.19. The fourth-order valence-electron chi connectivity index (χ4n) is 1.37. The van der Waals surface area contributed by atoms with Gasteiger partial charge in [0.15, 0.2) is 0 Å². The van der Waals surface area contributed by atoms with Gasteiger partial charge in [0.1, 0.15) is 11.5 Å². The van der Waals surface area contributed by atoms with Crippen molar-refractivity contribution in [3.8, 4) is 11.5 Å². The number of rotatable bonds is 4. The van der Waals surface area contributed by atoms with E-state index in [1.54, 1.807) is 11.8 Å². The Morgan fingerprint density at radius 3 is 2.56 bits per heavy atom. The van der Waals surface area contributed by atoms with Gasteiger partial charge in [0, 0.05) is 11.1 Å². The van der Waals surface area contributed by atoms with Gasteiger partial charge in [-0.3, -0.25) is 4.98 Å². The lowest BCUT2D eigenvalue weighted by Crippen LogP contribution is -1.97. The lowest BCUT2D eigenvalue weighted by molar-refractivity contribution is 0.0696. The van der Waals surface area contributed by atoms with Crippen LogP contribution in [0.4, 0.5) is 0 Å². The highest BCUT2D eigenvalue weighted by Gasteiger charge is 2.05. The van der Waals surface area contributed by atoms with Crippen LogP contribution >= 0.6 is 11.8 Å². The molecule has 4 nitrogen and oxygen atoms in total. The predicted octanol–water partition coefficient (Wildman–Crippen LogP) is 3.29. The zero-order chi connectivity index (χ0) is 13.0. The van der Waals surface area contributed by atoms with Crippen molar-refractivity contribution in [2.45, 2.75) is 4.90 Å². The molecule has 0 aliphatic rings. The maximum atomic E-state index is 10.8. The van der Waals surface area contributed by atoms with Gasteiger partial charge in [0.2, 0.25) is 0 Å². The number of carbonyl (C=O) groups is 1. The summed E-state index contributed by atoms with van der Waals surface area (Å²) in [6.45, 7) is 0. The summed E-state index contributed by atoms with van der Waals surface area (Å²) in [5.74, 6) is 0.0367. The molecule has 0 saturated heterocycles. The number of ether oxygens (including phenoxy) is 1. The number of hydrogen-bond acceptors (Lipinski definition) is 4. The third-order valence-corrected chi connectivity index (χ3v) is 3.00. The standard InChI is InChI=1S/C13H11NO3S/c1-18-12-4-2-10(3-5-12)17-11-6-9(13(15)16)7-14-8-11/h2-8H,1H3,(H,15,16).